The van der Waals surface area contributed by atoms with Crippen LogP contribution in [0.3, 0.4) is 0 Å². The zero-order chi connectivity index (χ0) is 12.5. The molecule has 0 aliphatic rings. The van der Waals surface area contributed by atoms with E-state index in [-0.39, 0.29) is 5.82 Å². The Morgan fingerprint density at radius 3 is 2.71 bits per heavy atom. The number of benzene rings is 1. The first-order valence-corrected chi connectivity index (χ1v) is 5.42. The lowest BCUT2D eigenvalue weighted by Crippen LogP contribution is -2.12. The van der Waals surface area contributed by atoms with E-state index in [2.05, 4.69) is 5.32 Å². The van der Waals surface area contributed by atoms with Crippen LogP contribution in [0.5, 0.6) is 5.75 Å². The number of nitrogens with one attached hydrogen (secondary N) is 1. The summed E-state index contributed by atoms with van der Waals surface area (Å²) in [7, 11) is 3.14. The Kier molecular flexibility index (Phi) is 6.35. The highest BCUT2D eigenvalue weighted by atomic mass is 19.1. The minimum atomic E-state index is -0.316. The van der Waals surface area contributed by atoms with E-state index in [0.717, 1.165) is 5.69 Å². The molecule has 0 unspecified atom stereocenters. The molecule has 0 heterocycles. The second-order valence-corrected chi connectivity index (χ2v) is 3.38. The number of hydrogen-bond donors (Lipinski definition) is 1. The first-order chi connectivity index (χ1) is 8.27. The standard InChI is InChI=1S/C12H18FNO3/c1-15-7-8-17-6-5-14-11-4-3-10(13)9-12(11)16-2/h3-4,9,14H,5-8H2,1-2H3. The molecule has 17 heavy (non-hydrogen) atoms. The molecule has 0 radical (unpaired) electrons. The minimum absolute atomic E-state index is 0.316. The van der Waals surface area contributed by atoms with Crippen LogP contribution in [0.1, 0.15) is 0 Å². The first-order valence-electron chi connectivity index (χ1n) is 5.42. The number of anilines is 1. The van der Waals surface area contributed by atoms with Crippen molar-refractivity contribution in [2.24, 2.45) is 0 Å². The van der Waals surface area contributed by atoms with Crippen molar-refractivity contribution in [1.29, 1.82) is 0 Å². The molecule has 1 rings (SSSR count). The Balaban J connectivity index is 2.31. The zero-order valence-electron chi connectivity index (χ0n) is 10.2. The highest BCUT2D eigenvalue weighted by molar-refractivity contribution is 5.56. The van der Waals surface area contributed by atoms with E-state index >= 15 is 0 Å². The fourth-order valence-electron chi connectivity index (χ4n) is 1.31. The van der Waals surface area contributed by atoms with Crippen molar-refractivity contribution in [3.05, 3.63) is 24.0 Å². The predicted octanol–water partition coefficient (Wildman–Crippen LogP) is 1.91. The van der Waals surface area contributed by atoms with E-state index < -0.39 is 0 Å². The molecule has 0 aromatic heterocycles. The highest BCUT2D eigenvalue weighted by Crippen LogP contribution is 2.24. The summed E-state index contributed by atoms with van der Waals surface area (Å²) in [6.45, 7) is 2.34. The molecule has 96 valence electrons. The second kappa shape index (κ2) is 7.86. The third kappa shape index (κ3) is 5.01. The smallest absolute Gasteiger partial charge is 0.144 e. The van der Waals surface area contributed by atoms with Gasteiger partial charge in [0.1, 0.15) is 11.6 Å². The summed E-state index contributed by atoms with van der Waals surface area (Å²) in [4.78, 5) is 0. The van der Waals surface area contributed by atoms with Crippen molar-refractivity contribution in [3.63, 3.8) is 0 Å². The van der Waals surface area contributed by atoms with Gasteiger partial charge in [0.2, 0.25) is 0 Å². The number of hydrogen-bond acceptors (Lipinski definition) is 4. The predicted molar refractivity (Wildman–Crippen MR) is 64.1 cm³/mol. The lowest BCUT2D eigenvalue weighted by atomic mass is 10.3. The largest absolute Gasteiger partial charge is 0.494 e. The van der Waals surface area contributed by atoms with E-state index in [9.17, 15) is 4.39 Å². The molecule has 1 aromatic rings. The van der Waals surface area contributed by atoms with Crippen LogP contribution in [0.25, 0.3) is 0 Å². The fourth-order valence-corrected chi connectivity index (χ4v) is 1.31. The van der Waals surface area contributed by atoms with Gasteiger partial charge < -0.3 is 19.5 Å². The Hall–Kier alpha value is -1.33. The van der Waals surface area contributed by atoms with Crippen LogP contribution in [0, 0.1) is 5.82 Å². The average molecular weight is 243 g/mol. The molecule has 0 spiro atoms. The summed E-state index contributed by atoms with van der Waals surface area (Å²) < 4.78 is 28.1. The maximum absolute atomic E-state index is 12.9. The number of ether oxygens (including phenoxy) is 3. The van der Waals surface area contributed by atoms with Crippen LogP contribution >= 0.6 is 0 Å². The lowest BCUT2D eigenvalue weighted by Gasteiger charge is -2.11. The normalized spacial score (nSPS) is 10.3. The summed E-state index contributed by atoms with van der Waals surface area (Å²) >= 11 is 0. The summed E-state index contributed by atoms with van der Waals surface area (Å²) in [6.07, 6.45) is 0. The van der Waals surface area contributed by atoms with E-state index in [4.69, 9.17) is 14.2 Å². The summed E-state index contributed by atoms with van der Waals surface area (Å²) in [5, 5.41) is 3.11. The molecule has 1 N–H and O–H groups in total. The van der Waals surface area contributed by atoms with Crippen LogP contribution in [0.15, 0.2) is 18.2 Å². The average Bonchev–Trinajstić information content (AvgIpc) is 2.35. The molecule has 0 bridgehead atoms. The molecule has 0 saturated heterocycles. The summed E-state index contributed by atoms with van der Waals surface area (Å²) in [5.74, 6) is 0.172. The van der Waals surface area contributed by atoms with Gasteiger partial charge in [-0.2, -0.15) is 0 Å². The Morgan fingerprint density at radius 1 is 1.18 bits per heavy atom. The van der Waals surface area contributed by atoms with Crippen LogP contribution < -0.4 is 10.1 Å². The zero-order valence-corrected chi connectivity index (χ0v) is 10.2. The van der Waals surface area contributed by atoms with Crippen LogP contribution in [0.2, 0.25) is 0 Å². The van der Waals surface area contributed by atoms with Crippen molar-refractivity contribution in [2.45, 2.75) is 0 Å². The molecule has 4 nitrogen and oxygen atoms in total. The highest BCUT2D eigenvalue weighted by Gasteiger charge is 2.03. The van der Waals surface area contributed by atoms with E-state index in [1.807, 2.05) is 0 Å². The van der Waals surface area contributed by atoms with E-state index in [1.54, 1.807) is 13.2 Å². The molecule has 0 atom stereocenters. The fraction of sp³-hybridized carbons (Fsp3) is 0.500. The maximum Gasteiger partial charge on any atom is 0.144 e. The summed E-state index contributed by atoms with van der Waals surface area (Å²) in [5.41, 5.74) is 0.754. The van der Waals surface area contributed by atoms with Gasteiger partial charge in [0.05, 0.1) is 32.6 Å². The molecule has 0 aliphatic heterocycles. The van der Waals surface area contributed by atoms with Crippen molar-refractivity contribution in [2.75, 3.05) is 45.9 Å². The molecular weight excluding hydrogens is 225 g/mol. The third-order valence-electron chi connectivity index (χ3n) is 2.16. The molecule has 0 aliphatic carbocycles. The molecule has 1 aromatic carbocycles. The van der Waals surface area contributed by atoms with Crippen molar-refractivity contribution in [3.8, 4) is 5.75 Å². The minimum Gasteiger partial charge on any atom is -0.494 e. The topological polar surface area (TPSA) is 39.7 Å². The number of methoxy groups -OCH3 is 2. The SMILES string of the molecule is COCCOCCNc1ccc(F)cc1OC. The van der Waals surface area contributed by atoms with Gasteiger partial charge in [-0.1, -0.05) is 0 Å². The van der Waals surface area contributed by atoms with Gasteiger partial charge in [0.15, 0.2) is 0 Å². The maximum atomic E-state index is 12.9. The monoisotopic (exact) mass is 243 g/mol. The van der Waals surface area contributed by atoms with Gasteiger partial charge in [-0.15, -0.1) is 0 Å². The third-order valence-corrected chi connectivity index (χ3v) is 2.16. The van der Waals surface area contributed by atoms with Gasteiger partial charge in [-0.25, -0.2) is 4.39 Å². The van der Waals surface area contributed by atoms with Gasteiger partial charge >= 0.3 is 0 Å². The van der Waals surface area contributed by atoms with Crippen LogP contribution in [-0.4, -0.2) is 40.6 Å². The Bertz CT molecular complexity index is 334. The first kappa shape index (κ1) is 13.7. The Labute approximate surface area is 101 Å². The van der Waals surface area contributed by atoms with Crippen LogP contribution in [-0.2, 0) is 9.47 Å². The second-order valence-electron chi connectivity index (χ2n) is 3.38. The number of rotatable bonds is 8. The quantitative estimate of drug-likeness (QED) is 0.708. The van der Waals surface area contributed by atoms with Gasteiger partial charge in [-0.3, -0.25) is 0 Å². The number of halogens is 1. The van der Waals surface area contributed by atoms with E-state index in [1.165, 1.54) is 19.2 Å². The van der Waals surface area contributed by atoms with E-state index in [0.29, 0.717) is 32.1 Å². The molecule has 0 amide bonds. The van der Waals surface area contributed by atoms with Gasteiger partial charge in [0, 0.05) is 19.7 Å². The summed E-state index contributed by atoms with van der Waals surface area (Å²) in [6, 6.07) is 4.37. The van der Waals surface area contributed by atoms with Crippen molar-refractivity contribution in [1.82, 2.24) is 0 Å². The molecule has 0 fully saturated rings. The van der Waals surface area contributed by atoms with Gasteiger partial charge in [0.25, 0.3) is 0 Å². The van der Waals surface area contributed by atoms with Gasteiger partial charge in [-0.05, 0) is 12.1 Å². The molecule has 5 heteroatoms. The van der Waals surface area contributed by atoms with Crippen molar-refractivity contribution < 1.29 is 18.6 Å². The lowest BCUT2D eigenvalue weighted by molar-refractivity contribution is 0.0759. The Morgan fingerprint density at radius 2 is 2.00 bits per heavy atom. The molecular formula is C12H18FNO3. The van der Waals surface area contributed by atoms with Crippen LogP contribution in [0.4, 0.5) is 10.1 Å². The molecule has 0 saturated carbocycles. The van der Waals surface area contributed by atoms with Crippen molar-refractivity contribution >= 4 is 5.69 Å².